The molecule has 1 aliphatic heterocycles. The zero-order chi connectivity index (χ0) is 13.3. The summed E-state index contributed by atoms with van der Waals surface area (Å²) in [6, 6.07) is 7.50. The van der Waals surface area contributed by atoms with Crippen LogP contribution in [0, 0.1) is 3.57 Å². The molecule has 0 spiro atoms. The Bertz CT molecular complexity index is 529. The van der Waals surface area contributed by atoms with Crippen molar-refractivity contribution >= 4 is 52.1 Å². The van der Waals surface area contributed by atoms with Crippen LogP contribution in [0.1, 0.15) is 13.8 Å². The van der Waals surface area contributed by atoms with Crippen molar-refractivity contribution in [1.29, 1.82) is 0 Å². The number of halogens is 2. The highest BCUT2D eigenvalue weighted by molar-refractivity contribution is 14.2. The summed E-state index contributed by atoms with van der Waals surface area (Å²) < 4.78 is 12.1. The van der Waals surface area contributed by atoms with Gasteiger partial charge in [0.2, 0.25) is 0 Å². The summed E-state index contributed by atoms with van der Waals surface area (Å²) in [4.78, 5) is 23.6. The first-order chi connectivity index (χ1) is 8.39. The number of benzene rings is 1. The Balaban J connectivity index is 2.37. The quantitative estimate of drug-likeness (QED) is 0.513. The van der Waals surface area contributed by atoms with E-state index in [9.17, 15) is 9.59 Å². The molecule has 2 rings (SSSR count). The summed E-state index contributed by atoms with van der Waals surface area (Å²) in [6.45, 7) is 3.08. The third-order valence-electron chi connectivity index (χ3n) is 2.06. The second-order valence-electron chi connectivity index (χ2n) is 4.00. The molecule has 1 saturated heterocycles. The zero-order valence-corrected chi connectivity index (χ0v) is 13.4. The number of rotatable bonds is 1. The Hall–Kier alpha value is -0.760. The fourth-order valence-corrected chi connectivity index (χ4v) is 4.19. The minimum absolute atomic E-state index is 0.125. The molecule has 0 amide bonds. The van der Waals surface area contributed by atoms with Crippen LogP contribution in [0.5, 0.6) is 0 Å². The van der Waals surface area contributed by atoms with Gasteiger partial charge in [-0.05, 0) is 28.1 Å². The van der Waals surface area contributed by atoms with Gasteiger partial charge in [0, 0.05) is 21.9 Å². The molecule has 18 heavy (non-hydrogen) atoms. The van der Waals surface area contributed by atoms with Gasteiger partial charge in [-0.2, -0.15) is 0 Å². The Morgan fingerprint density at radius 3 is 2.22 bits per heavy atom. The Labute approximate surface area is 123 Å². The molecule has 0 atom stereocenters. The molecule has 0 aromatic heterocycles. The number of carbonyl (C=O) groups excluding carboxylic acids is 2. The van der Waals surface area contributed by atoms with E-state index in [1.807, 2.05) is 24.3 Å². The van der Waals surface area contributed by atoms with Crippen LogP contribution < -0.4 is 0 Å². The molecule has 96 valence electrons. The van der Waals surface area contributed by atoms with Crippen LogP contribution in [0.15, 0.2) is 28.7 Å². The maximum Gasteiger partial charge on any atom is 0.354 e. The normalized spacial score (nSPS) is 18.3. The second-order valence-corrected chi connectivity index (χ2v) is 7.64. The number of cyclic esters (lactones) is 2. The summed E-state index contributed by atoms with van der Waals surface area (Å²) in [6.07, 6.45) is 0. The lowest BCUT2D eigenvalue weighted by molar-refractivity contribution is -0.214. The van der Waals surface area contributed by atoms with Gasteiger partial charge in [0.25, 0.3) is 5.79 Å². The van der Waals surface area contributed by atoms with Crippen LogP contribution in [0.4, 0.5) is 0 Å². The topological polar surface area (TPSA) is 52.6 Å². The summed E-state index contributed by atoms with van der Waals surface area (Å²) in [5.41, 5.74) is 0. The Morgan fingerprint density at radius 2 is 1.67 bits per heavy atom. The van der Waals surface area contributed by atoms with E-state index in [0.29, 0.717) is 0 Å². The van der Waals surface area contributed by atoms with Gasteiger partial charge >= 0.3 is 11.9 Å². The molecule has 1 fully saturated rings. The molecule has 1 aromatic carbocycles. The molecule has 0 radical (unpaired) electrons. The summed E-state index contributed by atoms with van der Waals surface area (Å²) >= 11 is 2.48. The number of hydrogen-bond acceptors (Lipinski definition) is 4. The number of carbonyl (C=O) groups is 2. The summed E-state index contributed by atoms with van der Waals surface area (Å²) in [5, 5.41) is 0. The Morgan fingerprint density at radius 1 is 1.11 bits per heavy atom. The molecule has 0 saturated carbocycles. The molecule has 1 aromatic rings. The SMILES string of the molecule is CC1(C)OC(=O)C(=Ic2ccccc2Br)C(=O)O1. The molecule has 0 unspecified atom stereocenters. The average molecular weight is 425 g/mol. The van der Waals surface area contributed by atoms with E-state index in [0.717, 1.165) is 8.04 Å². The van der Waals surface area contributed by atoms with Crippen molar-refractivity contribution in [2.45, 2.75) is 19.6 Å². The molecule has 6 heteroatoms. The van der Waals surface area contributed by atoms with E-state index >= 15 is 0 Å². The van der Waals surface area contributed by atoms with Crippen LogP contribution in [0.2, 0.25) is 0 Å². The van der Waals surface area contributed by atoms with Gasteiger partial charge in [-0.3, -0.25) is 0 Å². The van der Waals surface area contributed by atoms with Crippen molar-refractivity contribution in [2.75, 3.05) is 0 Å². The lowest BCUT2D eigenvalue weighted by atomic mass is 10.3. The van der Waals surface area contributed by atoms with Crippen LogP contribution in [-0.2, 0) is 19.1 Å². The molecule has 0 bridgehead atoms. The highest BCUT2D eigenvalue weighted by atomic mass is 127. The van der Waals surface area contributed by atoms with Crippen LogP contribution in [0.25, 0.3) is 0 Å². The molecule has 1 aliphatic rings. The van der Waals surface area contributed by atoms with E-state index < -0.39 is 38.5 Å². The van der Waals surface area contributed by atoms with Crippen molar-refractivity contribution < 1.29 is 19.1 Å². The predicted octanol–water partition coefficient (Wildman–Crippen LogP) is 2.60. The lowest BCUT2D eigenvalue weighted by Crippen LogP contribution is -2.46. The van der Waals surface area contributed by atoms with Crippen molar-refractivity contribution in [3.05, 3.63) is 32.3 Å². The first-order valence-electron chi connectivity index (χ1n) is 5.12. The summed E-state index contributed by atoms with van der Waals surface area (Å²) in [5.74, 6) is -2.31. The fraction of sp³-hybridized carbons (Fsp3) is 0.250. The van der Waals surface area contributed by atoms with Gasteiger partial charge in [-0.1, -0.05) is 32.9 Å². The van der Waals surface area contributed by atoms with Gasteiger partial charge in [0.1, 0.15) is 0 Å². The zero-order valence-electron chi connectivity index (χ0n) is 9.70. The van der Waals surface area contributed by atoms with E-state index in [4.69, 9.17) is 9.47 Å². The highest BCUT2D eigenvalue weighted by Gasteiger charge is 2.39. The second kappa shape index (κ2) is 5.08. The van der Waals surface area contributed by atoms with Crippen molar-refractivity contribution in [3.63, 3.8) is 0 Å². The smallest absolute Gasteiger partial charge is 0.354 e. The molecular weight excluding hydrogens is 415 g/mol. The maximum atomic E-state index is 11.8. The van der Waals surface area contributed by atoms with Gasteiger partial charge in [0.05, 0.1) is 0 Å². The average Bonchev–Trinajstić information content (AvgIpc) is 2.24. The summed E-state index contributed by atoms with van der Waals surface area (Å²) in [7, 11) is 0. The van der Waals surface area contributed by atoms with E-state index in [1.165, 1.54) is 13.8 Å². The first kappa shape index (κ1) is 13.7. The van der Waals surface area contributed by atoms with Gasteiger partial charge in [0.15, 0.2) is 3.51 Å². The minimum Gasteiger partial charge on any atom is -0.419 e. The molecule has 0 aliphatic carbocycles. The van der Waals surface area contributed by atoms with Crippen LogP contribution in [-0.4, -0.2) is 21.2 Å². The number of hydrogen-bond donors (Lipinski definition) is 0. The predicted molar refractivity (Wildman–Crippen MR) is 78.1 cm³/mol. The molecule has 1 heterocycles. The minimum atomic E-state index is -1.17. The highest BCUT2D eigenvalue weighted by Crippen LogP contribution is 2.27. The van der Waals surface area contributed by atoms with E-state index in [1.54, 1.807) is 0 Å². The fourth-order valence-electron chi connectivity index (χ4n) is 1.34. The lowest BCUT2D eigenvalue weighted by Gasteiger charge is -2.29. The van der Waals surface area contributed by atoms with Gasteiger partial charge in [-0.15, -0.1) is 0 Å². The standard InChI is InChI=1S/C12H10BrIO4/c1-12(2)17-10(15)9(11(16)18-12)14-8-6-4-3-5-7(8)13/h3-6H,1-2H3. The van der Waals surface area contributed by atoms with Crippen molar-refractivity contribution in [3.8, 4) is 0 Å². The monoisotopic (exact) mass is 424 g/mol. The number of esters is 2. The van der Waals surface area contributed by atoms with Crippen LogP contribution in [0.3, 0.4) is 0 Å². The third-order valence-corrected chi connectivity index (χ3v) is 6.43. The van der Waals surface area contributed by atoms with Crippen molar-refractivity contribution in [1.82, 2.24) is 0 Å². The van der Waals surface area contributed by atoms with Gasteiger partial charge < -0.3 is 9.47 Å². The third kappa shape index (κ3) is 2.97. The molecule has 4 nitrogen and oxygen atoms in total. The van der Waals surface area contributed by atoms with Gasteiger partial charge in [-0.25, -0.2) is 9.59 Å². The Kier molecular flexibility index (Phi) is 3.86. The van der Waals surface area contributed by atoms with E-state index in [-0.39, 0.29) is 3.51 Å². The number of ether oxygens (including phenoxy) is 2. The maximum absolute atomic E-state index is 11.8. The molecular formula is C12H10BrIO4. The van der Waals surface area contributed by atoms with Crippen LogP contribution >= 0.6 is 36.7 Å². The largest absolute Gasteiger partial charge is 0.419 e. The first-order valence-corrected chi connectivity index (χ1v) is 8.07. The van der Waals surface area contributed by atoms with Crippen molar-refractivity contribution in [2.24, 2.45) is 0 Å². The molecule has 0 N–H and O–H groups in total. The van der Waals surface area contributed by atoms with E-state index in [2.05, 4.69) is 15.9 Å².